The number of hydrazone groups is 1. The van der Waals surface area contributed by atoms with Crippen molar-refractivity contribution in [1.82, 2.24) is 10.7 Å². The second-order valence-electron chi connectivity index (χ2n) is 5.41. The Bertz CT molecular complexity index is 839. The van der Waals surface area contributed by atoms with Gasteiger partial charge in [-0.05, 0) is 41.8 Å². The smallest absolute Gasteiger partial charge is 0.329 e. The van der Waals surface area contributed by atoms with E-state index in [0.29, 0.717) is 28.5 Å². The summed E-state index contributed by atoms with van der Waals surface area (Å²) in [6, 6.07) is 12.5. The van der Waals surface area contributed by atoms with E-state index in [9.17, 15) is 9.59 Å². The highest BCUT2D eigenvalue weighted by molar-refractivity contribution is 6.35. The van der Waals surface area contributed by atoms with Gasteiger partial charge in [-0.3, -0.25) is 9.59 Å². The largest absolute Gasteiger partial charge is 0.493 e. The predicted molar refractivity (Wildman–Crippen MR) is 103 cm³/mol. The Kier molecular flexibility index (Phi) is 7.63. The highest BCUT2D eigenvalue weighted by Gasteiger charge is 2.12. The third-order valence-corrected chi connectivity index (χ3v) is 4.00. The molecule has 2 N–H and O–H groups in total. The van der Waals surface area contributed by atoms with E-state index in [4.69, 9.17) is 21.1 Å². The Morgan fingerprint density at radius 2 is 1.81 bits per heavy atom. The fourth-order valence-corrected chi connectivity index (χ4v) is 2.47. The Labute approximate surface area is 162 Å². The molecular weight excluding hydrogens is 370 g/mol. The van der Waals surface area contributed by atoms with Crippen LogP contribution in [0.4, 0.5) is 0 Å². The molecular formula is C19H20ClN3O4. The summed E-state index contributed by atoms with van der Waals surface area (Å²) in [4.78, 5) is 23.5. The van der Waals surface area contributed by atoms with Crippen molar-refractivity contribution in [3.05, 3.63) is 58.6 Å². The molecule has 0 radical (unpaired) electrons. The van der Waals surface area contributed by atoms with Gasteiger partial charge in [0.15, 0.2) is 11.5 Å². The first-order valence-electron chi connectivity index (χ1n) is 8.11. The number of hydrogen-bond donors (Lipinski definition) is 2. The lowest BCUT2D eigenvalue weighted by Gasteiger charge is -2.07. The van der Waals surface area contributed by atoms with Crippen LogP contribution in [-0.4, -0.2) is 38.8 Å². The molecule has 0 aliphatic carbocycles. The molecule has 7 nitrogen and oxygen atoms in total. The maximum atomic E-state index is 11.8. The van der Waals surface area contributed by atoms with E-state index >= 15 is 0 Å². The zero-order chi connectivity index (χ0) is 19.6. The number of carbonyl (C=O) groups is 2. The second-order valence-corrected chi connectivity index (χ2v) is 5.82. The van der Waals surface area contributed by atoms with Crippen LogP contribution in [0.1, 0.15) is 11.1 Å². The summed E-state index contributed by atoms with van der Waals surface area (Å²) in [6.07, 6.45) is 1.92. The molecule has 0 spiro atoms. The van der Waals surface area contributed by atoms with Crippen LogP contribution in [0.5, 0.6) is 11.5 Å². The first kappa shape index (κ1) is 20.3. The van der Waals surface area contributed by atoms with E-state index < -0.39 is 11.8 Å². The molecule has 0 aliphatic rings. The van der Waals surface area contributed by atoms with E-state index in [1.165, 1.54) is 20.4 Å². The SMILES string of the molecule is COc1ccc(C=NNC(=O)C(=O)NCCc2ccccc2Cl)cc1OC. The number of nitrogens with zero attached hydrogens (tertiary/aromatic N) is 1. The van der Waals surface area contributed by atoms with Crippen molar-refractivity contribution in [2.24, 2.45) is 5.10 Å². The van der Waals surface area contributed by atoms with Crippen LogP contribution >= 0.6 is 11.6 Å². The summed E-state index contributed by atoms with van der Waals surface area (Å²) in [7, 11) is 3.06. The van der Waals surface area contributed by atoms with Crippen LogP contribution in [0.25, 0.3) is 0 Å². The van der Waals surface area contributed by atoms with Gasteiger partial charge in [-0.25, -0.2) is 5.43 Å². The van der Waals surface area contributed by atoms with E-state index in [0.717, 1.165) is 5.56 Å². The average Bonchev–Trinajstić information content (AvgIpc) is 2.69. The topological polar surface area (TPSA) is 89.0 Å². The maximum absolute atomic E-state index is 11.8. The zero-order valence-corrected chi connectivity index (χ0v) is 15.7. The summed E-state index contributed by atoms with van der Waals surface area (Å²) in [5.74, 6) is -0.515. The van der Waals surface area contributed by atoms with Crippen molar-refractivity contribution in [3.63, 3.8) is 0 Å². The number of nitrogens with one attached hydrogen (secondary N) is 2. The van der Waals surface area contributed by atoms with Gasteiger partial charge < -0.3 is 14.8 Å². The monoisotopic (exact) mass is 389 g/mol. The number of carbonyl (C=O) groups excluding carboxylic acids is 2. The van der Waals surface area contributed by atoms with Crippen LogP contribution in [0.3, 0.4) is 0 Å². The van der Waals surface area contributed by atoms with Gasteiger partial charge in [0.25, 0.3) is 0 Å². The van der Waals surface area contributed by atoms with Gasteiger partial charge >= 0.3 is 11.8 Å². The number of benzene rings is 2. The number of ether oxygens (including phenoxy) is 2. The third kappa shape index (κ3) is 6.00. The highest BCUT2D eigenvalue weighted by atomic mass is 35.5. The van der Waals surface area contributed by atoms with Crippen molar-refractivity contribution in [2.75, 3.05) is 20.8 Å². The molecule has 0 atom stereocenters. The lowest BCUT2D eigenvalue weighted by Crippen LogP contribution is -2.38. The molecule has 2 aromatic carbocycles. The number of methoxy groups -OCH3 is 2. The number of hydrogen-bond acceptors (Lipinski definition) is 5. The quantitative estimate of drug-likeness (QED) is 0.431. The van der Waals surface area contributed by atoms with Gasteiger partial charge in [0.1, 0.15) is 0 Å². The van der Waals surface area contributed by atoms with E-state index in [1.54, 1.807) is 24.3 Å². The van der Waals surface area contributed by atoms with Crippen LogP contribution in [0.2, 0.25) is 5.02 Å². The summed E-state index contributed by atoms with van der Waals surface area (Å²) in [6.45, 7) is 0.287. The standard InChI is InChI=1S/C19H20ClN3O4/c1-26-16-8-7-13(11-17(16)27-2)12-22-23-19(25)18(24)21-10-9-14-5-3-4-6-15(14)20/h3-8,11-12H,9-10H2,1-2H3,(H,21,24)(H,23,25). The van der Waals surface area contributed by atoms with Gasteiger partial charge in [-0.2, -0.15) is 5.10 Å². The second kappa shape index (κ2) is 10.2. The molecule has 0 saturated heterocycles. The van der Waals surface area contributed by atoms with Gasteiger partial charge in [-0.15, -0.1) is 0 Å². The van der Waals surface area contributed by atoms with Crippen LogP contribution < -0.4 is 20.2 Å². The molecule has 2 rings (SSSR count). The average molecular weight is 390 g/mol. The zero-order valence-electron chi connectivity index (χ0n) is 15.0. The molecule has 27 heavy (non-hydrogen) atoms. The van der Waals surface area contributed by atoms with E-state index in [-0.39, 0.29) is 6.54 Å². The molecule has 0 heterocycles. The normalized spacial score (nSPS) is 10.5. The minimum atomic E-state index is -0.856. The Morgan fingerprint density at radius 3 is 2.52 bits per heavy atom. The highest BCUT2D eigenvalue weighted by Crippen LogP contribution is 2.26. The molecule has 142 valence electrons. The molecule has 0 unspecified atom stereocenters. The van der Waals surface area contributed by atoms with Crippen molar-refractivity contribution in [2.45, 2.75) is 6.42 Å². The lowest BCUT2D eigenvalue weighted by atomic mass is 10.1. The fraction of sp³-hybridized carbons (Fsp3) is 0.211. The summed E-state index contributed by atoms with van der Waals surface area (Å²) in [5.41, 5.74) is 3.75. The third-order valence-electron chi connectivity index (χ3n) is 3.63. The van der Waals surface area contributed by atoms with Crippen molar-refractivity contribution in [3.8, 4) is 11.5 Å². The Hall–Kier alpha value is -3.06. The maximum Gasteiger partial charge on any atom is 0.329 e. The van der Waals surface area contributed by atoms with Gasteiger partial charge in [0.2, 0.25) is 0 Å². The van der Waals surface area contributed by atoms with Gasteiger partial charge in [0.05, 0.1) is 20.4 Å². The minimum Gasteiger partial charge on any atom is -0.493 e. The Balaban J connectivity index is 1.81. The van der Waals surface area contributed by atoms with Gasteiger partial charge in [-0.1, -0.05) is 29.8 Å². The molecule has 0 aromatic heterocycles. The molecule has 2 aromatic rings. The molecule has 0 bridgehead atoms. The first-order chi connectivity index (χ1) is 13.0. The first-order valence-corrected chi connectivity index (χ1v) is 8.49. The van der Waals surface area contributed by atoms with Crippen LogP contribution in [0.15, 0.2) is 47.6 Å². The van der Waals surface area contributed by atoms with Crippen molar-refractivity contribution in [1.29, 1.82) is 0 Å². The van der Waals surface area contributed by atoms with Gasteiger partial charge in [0, 0.05) is 11.6 Å². The summed E-state index contributed by atoms with van der Waals surface area (Å²) < 4.78 is 10.3. The number of amides is 2. The molecule has 2 amide bonds. The van der Waals surface area contributed by atoms with E-state index in [2.05, 4.69) is 15.8 Å². The summed E-state index contributed by atoms with van der Waals surface area (Å²) in [5, 5.41) is 6.91. The number of halogens is 1. The molecule has 0 saturated carbocycles. The van der Waals surface area contributed by atoms with E-state index in [1.807, 2.05) is 18.2 Å². The van der Waals surface area contributed by atoms with Crippen molar-refractivity contribution >= 4 is 29.6 Å². The van der Waals surface area contributed by atoms with Crippen LogP contribution in [-0.2, 0) is 16.0 Å². The van der Waals surface area contributed by atoms with Crippen molar-refractivity contribution < 1.29 is 19.1 Å². The molecule has 8 heteroatoms. The molecule has 0 aliphatic heterocycles. The predicted octanol–water partition coefficient (Wildman–Crippen LogP) is 2.17. The minimum absolute atomic E-state index is 0.287. The Morgan fingerprint density at radius 1 is 1.07 bits per heavy atom. The fourth-order valence-electron chi connectivity index (χ4n) is 2.24. The van der Waals surface area contributed by atoms with Crippen LogP contribution in [0, 0.1) is 0 Å². The summed E-state index contributed by atoms with van der Waals surface area (Å²) >= 11 is 6.04. The number of rotatable bonds is 7. The molecule has 0 fully saturated rings. The lowest BCUT2D eigenvalue weighted by molar-refractivity contribution is -0.139.